The van der Waals surface area contributed by atoms with Gasteiger partial charge in [0.25, 0.3) is 0 Å². The van der Waals surface area contributed by atoms with Crippen LogP contribution in [0.4, 0.5) is 0 Å². The van der Waals surface area contributed by atoms with Gasteiger partial charge < -0.3 is 5.43 Å². The summed E-state index contributed by atoms with van der Waals surface area (Å²) in [5.41, 5.74) is 4.69. The zero-order valence-corrected chi connectivity index (χ0v) is 6.60. The third kappa shape index (κ3) is 5.91. The Bertz CT molecular complexity index is 106. The van der Waals surface area contributed by atoms with Gasteiger partial charge in [0.15, 0.2) is 0 Å². The average molecular weight is 173 g/mol. The Morgan fingerprint density at radius 2 is 2.36 bits per heavy atom. The summed E-state index contributed by atoms with van der Waals surface area (Å²) in [6.45, 7) is 2.06. The molecule has 2 aliphatic rings. The molecule has 3 nitrogen and oxygen atoms in total. The van der Waals surface area contributed by atoms with E-state index in [1.807, 2.05) is 11.8 Å². The SMILES string of the molecule is C.C1=NCCS1.C1=NNCC1. The second-order valence-corrected chi connectivity index (χ2v) is 2.84. The highest BCUT2D eigenvalue weighted by molar-refractivity contribution is 8.12. The van der Waals surface area contributed by atoms with Gasteiger partial charge in [-0.05, 0) is 0 Å². The van der Waals surface area contributed by atoms with E-state index < -0.39 is 0 Å². The number of rotatable bonds is 0. The van der Waals surface area contributed by atoms with Gasteiger partial charge in [-0.3, -0.25) is 4.99 Å². The molecular weight excluding hydrogens is 158 g/mol. The van der Waals surface area contributed by atoms with Crippen molar-refractivity contribution in [1.29, 1.82) is 0 Å². The molecule has 2 rings (SSSR count). The second kappa shape index (κ2) is 7.60. The lowest BCUT2D eigenvalue weighted by molar-refractivity contribution is 0.813. The highest BCUT2D eigenvalue weighted by Crippen LogP contribution is 1.99. The zero-order valence-electron chi connectivity index (χ0n) is 5.79. The minimum atomic E-state index is 0. The van der Waals surface area contributed by atoms with Gasteiger partial charge in [-0.15, -0.1) is 11.8 Å². The van der Waals surface area contributed by atoms with Crippen molar-refractivity contribution in [3.63, 3.8) is 0 Å². The summed E-state index contributed by atoms with van der Waals surface area (Å²) < 4.78 is 0. The van der Waals surface area contributed by atoms with Crippen LogP contribution in [0.15, 0.2) is 10.1 Å². The van der Waals surface area contributed by atoms with Gasteiger partial charge in [0.1, 0.15) is 0 Å². The van der Waals surface area contributed by atoms with Gasteiger partial charge in [0.2, 0.25) is 0 Å². The molecule has 0 unspecified atom stereocenters. The molecule has 0 saturated carbocycles. The summed E-state index contributed by atoms with van der Waals surface area (Å²) in [6, 6.07) is 0. The summed E-state index contributed by atoms with van der Waals surface area (Å²) in [5.74, 6) is 1.19. The third-order valence-electron chi connectivity index (χ3n) is 1.06. The Morgan fingerprint density at radius 3 is 2.55 bits per heavy atom. The summed E-state index contributed by atoms with van der Waals surface area (Å²) in [4.78, 5) is 3.92. The Morgan fingerprint density at radius 1 is 1.45 bits per heavy atom. The van der Waals surface area contributed by atoms with Crippen molar-refractivity contribution in [2.45, 2.75) is 13.8 Å². The van der Waals surface area contributed by atoms with Gasteiger partial charge in [0.05, 0.1) is 5.55 Å². The lowest BCUT2D eigenvalue weighted by atomic mass is 10.5. The molecule has 0 radical (unpaired) electrons. The first-order chi connectivity index (χ1) is 5.00. The largest absolute Gasteiger partial charge is 0.310 e. The minimum absolute atomic E-state index is 0. The lowest BCUT2D eigenvalue weighted by Crippen LogP contribution is -1.96. The molecule has 0 saturated heterocycles. The molecule has 11 heavy (non-hydrogen) atoms. The van der Waals surface area contributed by atoms with E-state index >= 15 is 0 Å². The predicted molar refractivity (Wildman–Crippen MR) is 53.7 cm³/mol. The van der Waals surface area contributed by atoms with Gasteiger partial charge >= 0.3 is 0 Å². The van der Waals surface area contributed by atoms with E-state index in [0.29, 0.717) is 0 Å². The molecule has 0 aromatic rings. The first kappa shape index (κ1) is 10.5. The number of hydrazone groups is 1. The maximum atomic E-state index is 3.92. The Balaban J connectivity index is 0.000000167. The van der Waals surface area contributed by atoms with Crippen LogP contribution < -0.4 is 5.43 Å². The monoisotopic (exact) mass is 173 g/mol. The molecule has 0 aromatic carbocycles. The summed E-state index contributed by atoms with van der Waals surface area (Å²) >= 11 is 1.78. The van der Waals surface area contributed by atoms with E-state index in [1.165, 1.54) is 5.75 Å². The summed E-state index contributed by atoms with van der Waals surface area (Å²) in [5, 5.41) is 3.71. The molecule has 0 atom stereocenters. The number of hydrogen-bond donors (Lipinski definition) is 1. The maximum Gasteiger partial charge on any atom is 0.0542 e. The molecule has 0 fully saturated rings. The topological polar surface area (TPSA) is 36.8 Å². The lowest BCUT2D eigenvalue weighted by Gasteiger charge is -1.76. The molecule has 1 N–H and O–H groups in total. The normalized spacial score (nSPS) is 18.2. The Kier molecular flexibility index (Phi) is 7.24. The first-order valence-corrected chi connectivity index (χ1v) is 4.39. The van der Waals surface area contributed by atoms with Crippen molar-refractivity contribution < 1.29 is 0 Å². The standard InChI is InChI=1S/C3H6N2.C3H5NS.CH4/c1-2-4-5-3-1;1-2-5-3-4-1;/h2,5H,1,3H2;3H,1-2H2;1H4. The Hall–Kier alpha value is -0.510. The van der Waals surface area contributed by atoms with Crippen molar-refractivity contribution in [3.8, 4) is 0 Å². The Labute approximate surface area is 72.4 Å². The molecule has 2 aliphatic heterocycles. The van der Waals surface area contributed by atoms with Crippen LogP contribution in [-0.4, -0.2) is 30.6 Å². The van der Waals surface area contributed by atoms with Crippen LogP contribution in [0.25, 0.3) is 0 Å². The number of hydrogen-bond acceptors (Lipinski definition) is 4. The van der Waals surface area contributed by atoms with Crippen molar-refractivity contribution in [1.82, 2.24) is 5.43 Å². The van der Waals surface area contributed by atoms with E-state index in [9.17, 15) is 0 Å². The van der Waals surface area contributed by atoms with Crippen molar-refractivity contribution in [2.24, 2.45) is 10.1 Å². The second-order valence-electron chi connectivity index (χ2n) is 1.89. The number of nitrogens with one attached hydrogen (secondary N) is 1. The van der Waals surface area contributed by atoms with Crippen molar-refractivity contribution in [2.75, 3.05) is 18.8 Å². The molecule has 0 aromatic heterocycles. The van der Waals surface area contributed by atoms with Crippen LogP contribution in [0.3, 0.4) is 0 Å². The van der Waals surface area contributed by atoms with Gasteiger partial charge in [-0.25, -0.2) is 0 Å². The number of thioether (sulfide) groups is 1. The average Bonchev–Trinajstić information content (AvgIpc) is 2.67. The minimum Gasteiger partial charge on any atom is -0.310 e. The van der Waals surface area contributed by atoms with Crippen LogP contribution in [-0.2, 0) is 0 Å². The summed E-state index contributed by atoms with van der Waals surface area (Å²) in [6.07, 6.45) is 2.97. The molecule has 0 bridgehead atoms. The quantitative estimate of drug-likeness (QED) is 0.600. The maximum absolute atomic E-state index is 3.92. The van der Waals surface area contributed by atoms with Crippen LogP contribution in [0, 0.1) is 0 Å². The summed E-state index contributed by atoms with van der Waals surface area (Å²) in [7, 11) is 0. The highest BCUT2D eigenvalue weighted by atomic mass is 32.2. The highest BCUT2D eigenvalue weighted by Gasteiger charge is 1.86. The van der Waals surface area contributed by atoms with Crippen LogP contribution in [0.5, 0.6) is 0 Å². The molecule has 64 valence electrons. The molecule has 2 heterocycles. The predicted octanol–water partition coefficient (Wildman–Crippen LogP) is 1.36. The molecule has 0 aliphatic carbocycles. The van der Waals surface area contributed by atoms with E-state index in [4.69, 9.17) is 0 Å². The zero-order chi connectivity index (χ0) is 7.07. The smallest absolute Gasteiger partial charge is 0.0542 e. The molecule has 0 spiro atoms. The van der Waals surface area contributed by atoms with Crippen molar-refractivity contribution >= 4 is 23.5 Å². The van der Waals surface area contributed by atoms with E-state index in [-0.39, 0.29) is 7.43 Å². The van der Waals surface area contributed by atoms with Gasteiger partial charge in [0, 0.05) is 31.5 Å². The van der Waals surface area contributed by atoms with E-state index in [1.54, 1.807) is 11.8 Å². The number of aliphatic imine (C=N–C) groups is 1. The fraction of sp³-hybridized carbons (Fsp3) is 0.714. The van der Waals surface area contributed by atoms with E-state index in [2.05, 4.69) is 15.5 Å². The van der Waals surface area contributed by atoms with Crippen LogP contribution in [0.2, 0.25) is 0 Å². The molecule has 4 heteroatoms. The van der Waals surface area contributed by atoms with E-state index in [0.717, 1.165) is 19.5 Å². The van der Waals surface area contributed by atoms with Crippen molar-refractivity contribution in [3.05, 3.63) is 0 Å². The molecular formula is C7H15N3S. The fourth-order valence-electron chi connectivity index (χ4n) is 0.586. The fourth-order valence-corrected chi connectivity index (χ4v) is 1.11. The van der Waals surface area contributed by atoms with Gasteiger partial charge in [-0.1, -0.05) is 7.43 Å². The van der Waals surface area contributed by atoms with Gasteiger partial charge in [-0.2, -0.15) is 5.10 Å². The number of nitrogens with zero attached hydrogens (tertiary/aromatic N) is 2. The molecule has 0 amide bonds. The van der Waals surface area contributed by atoms with Crippen LogP contribution >= 0.6 is 11.8 Å². The first-order valence-electron chi connectivity index (χ1n) is 3.34. The van der Waals surface area contributed by atoms with Crippen LogP contribution in [0.1, 0.15) is 13.8 Å². The third-order valence-corrected chi connectivity index (χ3v) is 1.77.